The first-order valence-electron chi connectivity index (χ1n) is 10.0. The van der Waals surface area contributed by atoms with Gasteiger partial charge in [0.25, 0.3) is 11.8 Å². The van der Waals surface area contributed by atoms with Crippen molar-refractivity contribution in [3.8, 4) is 5.75 Å². The molecule has 1 aromatic rings. The summed E-state index contributed by atoms with van der Waals surface area (Å²) in [6.07, 6.45) is 1.87. The third kappa shape index (κ3) is 3.86. The minimum absolute atomic E-state index is 0.000936. The average Bonchev–Trinajstić information content (AvgIpc) is 2.98. The van der Waals surface area contributed by atoms with Gasteiger partial charge in [-0.3, -0.25) is 14.5 Å². The Morgan fingerprint density at radius 2 is 1.86 bits per heavy atom. The molecule has 4 amide bonds. The molecule has 1 unspecified atom stereocenters. The number of methoxy groups -OCH3 is 1. The summed E-state index contributed by atoms with van der Waals surface area (Å²) in [6.45, 7) is 8.90. The van der Waals surface area contributed by atoms with Crippen LogP contribution in [0.15, 0.2) is 36.4 Å². The number of nitrogens with one attached hydrogen (secondary N) is 1. The Morgan fingerprint density at radius 3 is 2.38 bits per heavy atom. The normalized spacial score (nSPS) is 22.6. The predicted molar refractivity (Wildman–Crippen MR) is 110 cm³/mol. The average molecular weight is 399 g/mol. The maximum Gasteiger partial charge on any atom is 0.325 e. The Morgan fingerprint density at radius 1 is 1.24 bits per heavy atom. The van der Waals surface area contributed by atoms with Crippen molar-refractivity contribution in [2.45, 2.75) is 38.6 Å². The van der Waals surface area contributed by atoms with Gasteiger partial charge in [0.05, 0.1) is 13.7 Å². The number of urea groups is 1. The Hall–Kier alpha value is -2.83. The molecule has 1 N–H and O–H groups in total. The van der Waals surface area contributed by atoms with Crippen molar-refractivity contribution in [2.24, 2.45) is 5.92 Å². The van der Waals surface area contributed by atoms with Crippen molar-refractivity contribution in [1.82, 2.24) is 15.1 Å². The Bertz CT molecular complexity index is 812. The van der Waals surface area contributed by atoms with Crippen LogP contribution in [0.4, 0.5) is 4.79 Å². The lowest BCUT2D eigenvalue weighted by atomic mass is 9.75. The second-order valence-corrected chi connectivity index (χ2v) is 7.90. The molecule has 2 aliphatic heterocycles. The smallest absolute Gasteiger partial charge is 0.325 e. The first kappa shape index (κ1) is 20.9. The fourth-order valence-corrected chi connectivity index (χ4v) is 4.35. The monoisotopic (exact) mass is 399 g/mol. The zero-order valence-corrected chi connectivity index (χ0v) is 17.4. The van der Waals surface area contributed by atoms with Gasteiger partial charge in [-0.2, -0.15) is 0 Å². The molecule has 0 bridgehead atoms. The van der Waals surface area contributed by atoms with Crippen molar-refractivity contribution >= 4 is 17.8 Å². The summed E-state index contributed by atoms with van der Waals surface area (Å²) >= 11 is 0. The molecule has 7 heteroatoms. The summed E-state index contributed by atoms with van der Waals surface area (Å²) in [5.74, 6) is 0.509. The second kappa shape index (κ2) is 8.27. The van der Waals surface area contributed by atoms with Crippen molar-refractivity contribution in [3.63, 3.8) is 0 Å². The van der Waals surface area contributed by atoms with Gasteiger partial charge in [0.1, 0.15) is 11.3 Å². The van der Waals surface area contributed by atoms with Crippen LogP contribution in [0.3, 0.4) is 0 Å². The van der Waals surface area contributed by atoms with Crippen LogP contribution < -0.4 is 10.1 Å². The van der Waals surface area contributed by atoms with E-state index in [4.69, 9.17) is 4.74 Å². The highest BCUT2D eigenvalue weighted by molar-refractivity contribution is 6.07. The molecule has 0 spiro atoms. The number of hydrogen-bond acceptors (Lipinski definition) is 4. The van der Waals surface area contributed by atoms with Gasteiger partial charge in [-0.15, -0.1) is 0 Å². The third-order valence-corrected chi connectivity index (χ3v) is 6.00. The number of carbonyl (C=O) groups excluding carboxylic acids is 3. The zero-order valence-electron chi connectivity index (χ0n) is 17.4. The molecule has 156 valence electrons. The fourth-order valence-electron chi connectivity index (χ4n) is 4.35. The Labute approximate surface area is 171 Å². The SMILES string of the molecule is C=C(C)CN1C(=O)NC(CC)(C2CCN(C(=O)c3ccc(OC)cc3)CC2)C1=O. The van der Waals surface area contributed by atoms with Gasteiger partial charge in [0.15, 0.2) is 0 Å². The molecule has 7 nitrogen and oxygen atoms in total. The summed E-state index contributed by atoms with van der Waals surface area (Å²) in [6, 6.07) is 6.72. The molecular weight excluding hydrogens is 370 g/mol. The highest BCUT2D eigenvalue weighted by Crippen LogP contribution is 2.36. The lowest BCUT2D eigenvalue weighted by molar-refractivity contribution is -0.133. The maximum absolute atomic E-state index is 13.1. The number of benzene rings is 1. The molecule has 1 aromatic carbocycles. The van der Waals surface area contributed by atoms with Gasteiger partial charge in [0.2, 0.25) is 0 Å². The molecule has 29 heavy (non-hydrogen) atoms. The van der Waals surface area contributed by atoms with E-state index in [1.165, 1.54) is 4.90 Å². The summed E-state index contributed by atoms with van der Waals surface area (Å²) in [7, 11) is 1.59. The molecule has 0 radical (unpaired) electrons. The van der Waals surface area contributed by atoms with E-state index in [0.29, 0.717) is 43.7 Å². The first-order valence-corrected chi connectivity index (χ1v) is 10.0. The van der Waals surface area contributed by atoms with Crippen molar-refractivity contribution in [1.29, 1.82) is 0 Å². The van der Waals surface area contributed by atoms with E-state index < -0.39 is 5.54 Å². The number of ether oxygens (including phenoxy) is 1. The van der Waals surface area contributed by atoms with Crippen LogP contribution in [0.1, 0.15) is 43.5 Å². The minimum atomic E-state index is -0.887. The van der Waals surface area contributed by atoms with E-state index in [0.717, 1.165) is 5.57 Å². The molecular formula is C22H29N3O4. The molecule has 0 saturated carbocycles. The summed E-state index contributed by atoms with van der Waals surface area (Å²) in [4.78, 5) is 41.4. The van der Waals surface area contributed by atoms with Gasteiger partial charge >= 0.3 is 6.03 Å². The highest BCUT2D eigenvalue weighted by atomic mass is 16.5. The molecule has 0 aliphatic carbocycles. The van der Waals surface area contributed by atoms with E-state index in [1.54, 1.807) is 38.3 Å². The van der Waals surface area contributed by atoms with E-state index in [2.05, 4.69) is 11.9 Å². The fraction of sp³-hybridized carbons (Fsp3) is 0.500. The van der Waals surface area contributed by atoms with Crippen LogP contribution in [-0.2, 0) is 4.79 Å². The van der Waals surface area contributed by atoms with Gasteiger partial charge in [0, 0.05) is 18.7 Å². The van der Waals surface area contributed by atoms with Crippen molar-refractivity contribution < 1.29 is 19.1 Å². The van der Waals surface area contributed by atoms with Crippen LogP contribution in [0.2, 0.25) is 0 Å². The molecule has 1 atom stereocenters. The van der Waals surface area contributed by atoms with Crippen molar-refractivity contribution in [3.05, 3.63) is 42.0 Å². The number of rotatable bonds is 6. The minimum Gasteiger partial charge on any atom is -0.497 e. The largest absolute Gasteiger partial charge is 0.497 e. The van der Waals surface area contributed by atoms with Crippen LogP contribution in [-0.4, -0.2) is 59.9 Å². The van der Waals surface area contributed by atoms with E-state index in [-0.39, 0.29) is 30.3 Å². The summed E-state index contributed by atoms with van der Waals surface area (Å²) < 4.78 is 5.14. The molecule has 3 rings (SSSR count). The standard InChI is InChI=1S/C22H29N3O4/c1-5-22(20(27)25(14-15(2)3)21(28)23-22)17-10-12-24(13-11-17)19(26)16-6-8-18(29-4)9-7-16/h6-9,17H,2,5,10-14H2,1,3-4H3,(H,23,28). The van der Waals surface area contributed by atoms with Crippen LogP contribution in [0, 0.1) is 5.92 Å². The maximum atomic E-state index is 13.1. The second-order valence-electron chi connectivity index (χ2n) is 7.90. The molecule has 2 fully saturated rings. The lowest BCUT2D eigenvalue weighted by Gasteiger charge is -2.40. The van der Waals surface area contributed by atoms with Crippen LogP contribution >= 0.6 is 0 Å². The Balaban J connectivity index is 1.68. The van der Waals surface area contributed by atoms with E-state index in [1.807, 2.05) is 11.8 Å². The van der Waals surface area contributed by atoms with Gasteiger partial charge in [-0.05, 0) is 56.4 Å². The number of piperidine rings is 1. The summed E-state index contributed by atoms with van der Waals surface area (Å²) in [5, 5.41) is 2.96. The Kier molecular flexibility index (Phi) is 5.96. The van der Waals surface area contributed by atoms with Gasteiger partial charge in [-0.1, -0.05) is 19.1 Å². The molecule has 0 aromatic heterocycles. The molecule has 2 heterocycles. The van der Waals surface area contributed by atoms with E-state index in [9.17, 15) is 14.4 Å². The number of hydrogen-bond donors (Lipinski definition) is 1. The zero-order chi connectivity index (χ0) is 21.2. The first-order chi connectivity index (χ1) is 13.8. The highest BCUT2D eigenvalue weighted by Gasteiger charge is 2.54. The third-order valence-electron chi connectivity index (χ3n) is 6.00. The van der Waals surface area contributed by atoms with Gasteiger partial charge in [-0.25, -0.2) is 4.79 Å². The van der Waals surface area contributed by atoms with Gasteiger partial charge < -0.3 is 15.0 Å². The van der Waals surface area contributed by atoms with Crippen LogP contribution in [0.5, 0.6) is 5.75 Å². The number of nitrogens with zero attached hydrogens (tertiary/aromatic N) is 2. The topological polar surface area (TPSA) is 79.0 Å². The lowest BCUT2D eigenvalue weighted by Crippen LogP contribution is -2.56. The van der Waals surface area contributed by atoms with E-state index >= 15 is 0 Å². The molecule has 2 aliphatic rings. The number of carbonyl (C=O) groups is 3. The summed E-state index contributed by atoms with van der Waals surface area (Å²) in [5.41, 5.74) is 0.495. The number of imide groups is 1. The van der Waals surface area contributed by atoms with Crippen LogP contribution in [0.25, 0.3) is 0 Å². The van der Waals surface area contributed by atoms with Crippen molar-refractivity contribution in [2.75, 3.05) is 26.7 Å². The number of likely N-dealkylation sites (tertiary alicyclic amines) is 1. The quantitative estimate of drug-likeness (QED) is 0.589. The number of amides is 4. The molecule has 2 saturated heterocycles. The predicted octanol–water partition coefficient (Wildman–Crippen LogP) is 2.82.